The highest BCUT2D eigenvalue weighted by atomic mass is 35.5. The van der Waals surface area contributed by atoms with Gasteiger partial charge in [-0.05, 0) is 37.5 Å². The summed E-state index contributed by atoms with van der Waals surface area (Å²) in [5.41, 5.74) is 3.56. The molecule has 2 aromatic rings. The third-order valence-electron chi connectivity index (χ3n) is 5.74. The van der Waals surface area contributed by atoms with E-state index in [0.29, 0.717) is 29.8 Å². The van der Waals surface area contributed by atoms with Crippen LogP contribution < -0.4 is 9.80 Å². The lowest BCUT2D eigenvalue weighted by molar-refractivity contribution is 0.0985. The Bertz CT molecular complexity index is 886. The first kappa shape index (κ1) is 17.1. The van der Waals surface area contributed by atoms with Gasteiger partial charge < -0.3 is 14.5 Å². The summed E-state index contributed by atoms with van der Waals surface area (Å²) < 4.78 is 7.26. The van der Waals surface area contributed by atoms with Crippen molar-refractivity contribution in [1.82, 2.24) is 9.78 Å². The molecule has 3 aliphatic rings. The van der Waals surface area contributed by atoms with Gasteiger partial charge in [0.25, 0.3) is 5.91 Å². The molecule has 1 aromatic carbocycles. The summed E-state index contributed by atoms with van der Waals surface area (Å²) in [6.07, 6.45) is 5.19. The van der Waals surface area contributed by atoms with Crippen molar-refractivity contribution in [2.24, 2.45) is 7.05 Å². The molecule has 5 rings (SSSR count). The van der Waals surface area contributed by atoms with Crippen LogP contribution in [-0.2, 0) is 11.8 Å². The minimum atomic E-state index is 0.0176. The van der Waals surface area contributed by atoms with Gasteiger partial charge in [-0.25, -0.2) is 0 Å². The second kappa shape index (κ2) is 6.53. The molecule has 0 spiro atoms. The highest BCUT2D eigenvalue weighted by Crippen LogP contribution is 2.42. The van der Waals surface area contributed by atoms with E-state index in [-0.39, 0.29) is 11.8 Å². The van der Waals surface area contributed by atoms with Crippen molar-refractivity contribution >= 4 is 28.9 Å². The van der Waals surface area contributed by atoms with E-state index in [1.165, 1.54) is 12.8 Å². The summed E-state index contributed by atoms with van der Waals surface area (Å²) >= 11 is 6.27. The molecule has 3 heterocycles. The lowest BCUT2D eigenvalue weighted by atomic mass is 10.00. The number of rotatable bonds is 3. The van der Waals surface area contributed by atoms with Gasteiger partial charge in [-0.2, -0.15) is 5.10 Å². The number of fused-ring (bicyclic) bond motifs is 1. The number of carbonyl (C=O) groups excluding carboxylic acids is 1. The molecule has 0 unspecified atom stereocenters. The van der Waals surface area contributed by atoms with E-state index in [1.54, 1.807) is 4.68 Å². The summed E-state index contributed by atoms with van der Waals surface area (Å²) in [4.78, 5) is 17.8. The quantitative estimate of drug-likeness (QED) is 0.812. The Morgan fingerprint density at radius 3 is 2.81 bits per heavy atom. The number of aryl methyl sites for hydroxylation is 1. The van der Waals surface area contributed by atoms with Crippen molar-refractivity contribution < 1.29 is 9.53 Å². The highest BCUT2D eigenvalue weighted by molar-refractivity contribution is 6.31. The van der Waals surface area contributed by atoms with Crippen LogP contribution in [0.25, 0.3) is 0 Å². The van der Waals surface area contributed by atoms with Gasteiger partial charge in [0.05, 0.1) is 29.2 Å². The summed E-state index contributed by atoms with van der Waals surface area (Å²) in [5, 5.41) is 5.30. The molecule has 0 N–H and O–H groups in total. The third kappa shape index (κ3) is 3.01. The number of amides is 1. The normalized spacial score (nSPS) is 22.2. The first-order valence-corrected chi connectivity index (χ1v) is 9.99. The molecule has 1 aliphatic carbocycles. The molecule has 1 amide bonds. The average molecular weight is 387 g/mol. The van der Waals surface area contributed by atoms with Crippen molar-refractivity contribution in [3.8, 4) is 0 Å². The maximum atomic E-state index is 13.5. The summed E-state index contributed by atoms with van der Waals surface area (Å²) in [5.74, 6) is 0.214. The molecule has 0 bridgehead atoms. The van der Waals surface area contributed by atoms with E-state index in [4.69, 9.17) is 16.3 Å². The molecule has 27 heavy (non-hydrogen) atoms. The van der Waals surface area contributed by atoms with E-state index in [2.05, 4.69) is 10.00 Å². The van der Waals surface area contributed by atoms with Crippen molar-refractivity contribution in [3.05, 3.63) is 40.7 Å². The topological polar surface area (TPSA) is 50.6 Å². The molecule has 6 nitrogen and oxygen atoms in total. The maximum Gasteiger partial charge on any atom is 0.261 e. The van der Waals surface area contributed by atoms with Crippen molar-refractivity contribution in [1.29, 1.82) is 0 Å². The van der Waals surface area contributed by atoms with Crippen LogP contribution in [0.5, 0.6) is 0 Å². The Hall–Kier alpha value is -2.05. The number of anilines is 2. The van der Waals surface area contributed by atoms with Crippen LogP contribution in [0.1, 0.15) is 41.2 Å². The predicted molar refractivity (Wildman–Crippen MR) is 105 cm³/mol. The van der Waals surface area contributed by atoms with Crippen LogP contribution in [0.2, 0.25) is 5.02 Å². The SMILES string of the molecule is Cn1cc(C(=O)N2CCN(C3CC3)c3cc(Cl)ccc32)c([C@@H]2CCOC2)n1. The van der Waals surface area contributed by atoms with Gasteiger partial charge in [0, 0.05) is 49.9 Å². The van der Waals surface area contributed by atoms with Crippen LogP contribution in [0.4, 0.5) is 11.4 Å². The Labute approximate surface area is 163 Å². The molecule has 1 saturated heterocycles. The molecule has 2 fully saturated rings. The number of benzene rings is 1. The number of nitrogens with zero attached hydrogens (tertiary/aromatic N) is 4. The number of ether oxygens (including phenoxy) is 1. The van der Waals surface area contributed by atoms with Gasteiger partial charge in [0.1, 0.15) is 0 Å². The second-order valence-electron chi connectivity index (χ2n) is 7.68. The monoisotopic (exact) mass is 386 g/mol. The summed E-state index contributed by atoms with van der Waals surface area (Å²) in [6.45, 7) is 2.89. The number of hydrogen-bond acceptors (Lipinski definition) is 4. The summed E-state index contributed by atoms with van der Waals surface area (Å²) in [6, 6.07) is 6.41. The Kier molecular flexibility index (Phi) is 4.13. The number of carbonyl (C=O) groups is 1. The zero-order valence-electron chi connectivity index (χ0n) is 15.4. The van der Waals surface area contributed by atoms with Crippen LogP contribution in [-0.4, -0.2) is 48.0 Å². The van der Waals surface area contributed by atoms with Gasteiger partial charge in [-0.1, -0.05) is 11.6 Å². The second-order valence-corrected chi connectivity index (χ2v) is 8.11. The first-order chi connectivity index (χ1) is 13.1. The molecular weight excluding hydrogens is 364 g/mol. The van der Waals surface area contributed by atoms with Gasteiger partial charge in [0.2, 0.25) is 0 Å². The Balaban J connectivity index is 1.52. The van der Waals surface area contributed by atoms with E-state index in [0.717, 1.165) is 36.6 Å². The maximum absolute atomic E-state index is 13.5. The average Bonchev–Trinajstić information content (AvgIpc) is 3.20. The smallest absolute Gasteiger partial charge is 0.261 e. The fourth-order valence-corrected chi connectivity index (χ4v) is 4.41. The predicted octanol–water partition coefficient (Wildman–Crippen LogP) is 3.21. The van der Waals surface area contributed by atoms with Crippen LogP contribution >= 0.6 is 11.6 Å². The lowest BCUT2D eigenvalue weighted by Crippen LogP contribution is -2.45. The molecule has 1 atom stereocenters. The first-order valence-electron chi connectivity index (χ1n) is 9.61. The van der Waals surface area contributed by atoms with E-state index in [9.17, 15) is 4.79 Å². The molecule has 2 aliphatic heterocycles. The molecule has 1 aromatic heterocycles. The van der Waals surface area contributed by atoms with Crippen LogP contribution in [0.3, 0.4) is 0 Å². The summed E-state index contributed by atoms with van der Waals surface area (Å²) in [7, 11) is 1.87. The number of hydrogen-bond donors (Lipinski definition) is 0. The van der Waals surface area contributed by atoms with Crippen molar-refractivity contribution in [2.75, 3.05) is 36.1 Å². The van der Waals surface area contributed by atoms with Crippen molar-refractivity contribution in [2.45, 2.75) is 31.2 Å². The molecule has 0 radical (unpaired) electrons. The van der Waals surface area contributed by atoms with Gasteiger partial charge in [-0.3, -0.25) is 9.48 Å². The minimum absolute atomic E-state index is 0.0176. The van der Waals surface area contributed by atoms with Crippen LogP contribution in [0, 0.1) is 0 Å². The minimum Gasteiger partial charge on any atom is -0.381 e. The van der Waals surface area contributed by atoms with Gasteiger partial charge in [0.15, 0.2) is 0 Å². The molecular formula is C20H23ClN4O2. The fraction of sp³-hybridized carbons (Fsp3) is 0.500. The molecule has 142 valence electrons. The van der Waals surface area contributed by atoms with Gasteiger partial charge in [-0.15, -0.1) is 0 Å². The highest BCUT2D eigenvalue weighted by Gasteiger charge is 2.37. The molecule has 7 heteroatoms. The zero-order chi connectivity index (χ0) is 18.5. The Morgan fingerprint density at radius 1 is 1.22 bits per heavy atom. The number of halogens is 1. The Morgan fingerprint density at radius 2 is 2.07 bits per heavy atom. The third-order valence-corrected chi connectivity index (χ3v) is 5.97. The lowest BCUT2D eigenvalue weighted by Gasteiger charge is -2.38. The standard InChI is InChI=1S/C20H23ClN4O2/c1-23-11-16(19(22-23)13-6-9-27-12-13)20(26)25-8-7-24(15-3-4-15)18-10-14(21)2-5-17(18)25/h2,5,10-11,13,15H,3-4,6-9,12H2,1H3/t13-/m1/s1. The number of aromatic nitrogens is 2. The van der Waals surface area contributed by atoms with Crippen LogP contribution in [0.15, 0.2) is 24.4 Å². The van der Waals surface area contributed by atoms with E-state index in [1.807, 2.05) is 36.3 Å². The fourth-order valence-electron chi connectivity index (χ4n) is 4.25. The van der Waals surface area contributed by atoms with E-state index < -0.39 is 0 Å². The van der Waals surface area contributed by atoms with Crippen molar-refractivity contribution in [3.63, 3.8) is 0 Å². The zero-order valence-corrected chi connectivity index (χ0v) is 16.2. The molecule has 1 saturated carbocycles. The van der Waals surface area contributed by atoms with Gasteiger partial charge >= 0.3 is 0 Å². The van der Waals surface area contributed by atoms with E-state index >= 15 is 0 Å². The largest absolute Gasteiger partial charge is 0.381 e.